The van der Waals surface area contributed by atoms with Gasteiger partial charge in [0.1, 0.15) is 18.1 Å². The van der Waals surface area contributed by atoms with Crippen LogP contribution in [0.1, 0.15) is 44.1 Å². The van der Waals surface area contributed by atoms with Crippen LogP contribution in [-0.2, 0) is 35.2 Å². The molecule has 38 heavy (non-hydrogen) atoms. The third-order valence-electron chi connectivity index (χ3n) is 5.52. The van der Waals surface area contributed by atoms with Crippen molar-refractivity contribution in [3.8, 4) is 0 Å². The highest BCUT2D eigenvalue weighted by atomic mass is 16.4. The van der Waals surface area contributed by atoms with Crippen LogP contribution in [0.4, 0.5) is 0 Å². The molecular weight excluding hydrogens is 500 g/mol. The van der Waals surface area contributed by atoms with Gasteiger partial charge in [-0.15, -0.1) is 0 Å². The topological polar surface area (TPSA) is 257 Å². The van der Waals surface area contributed by atoms with E-state index in [1.807, 2.05) is 0 Å². The van der Waals surface area contributed by atoms with E-state index in [-0.39, 0.29) is 25.7 Å². The molecule has 0 radical (unpaired) electrons. The van der Waals surface area contributed by atoms with Gasteiger partial charge in [-0.1, -0.05) is 30.3 Å². The quantitative estimate of drug-likeness (QED) is 0.0953. The van der Waals surface area contributed by atoms with Crippen molar-refractivity contribution in [2.24, 2.45) is 17.2 Å². The molecule has 1 rings (SSSR count). The van der Waals surface area contributed by atoms with E-state index in [9.17, 15) is 33.9 Å². The Morgan fingerprint density at radius 1 is 0.789 bits per heavy atom. The molecule has 0 aromatic heterocycles. The van der Waals surface area contributed by atoms with Crippen molar-refractivity contribution in [2.45, 2.75) is 69.1 Å². The summed E-state index contributed by atoms with van der Waals surface area (Å²) in [6.07, 6.45) is -0.106. The van der Waals surface area contributed by atoms with E-state index in [4.69, 9.17) is 22.3 Å². The summed E-state index contributed by atoms with van der Waals surface area (Å²) in [5, 5.41) is 25.6. The van der Waals surface area contributed by atoms with Crippen LogP contribution in [0.5, 0.6) is 0 Å². The second-order valence-electron chi connectivity index (χ2n) is 8.71. The summed E-state index contributed by atoms with van der Waals surface area (Å²) in [7, 11) is 0. The van der Waals surface area contributed by atoms with Crippen LogP contribution >= 0.6 is 0 Å². The Balaban J connectivity index is 3.12. The van der Waals surface area contributed by atoms with E-state index in [1.165, 1.54) is 0 Å². The number of unbranched alkanes of at least 4 members (excludes halogenated alkanes) is 1. The summed E-state index contributed by atoms with van der Waals surface area (Å²) in [5.41, 5.74) is 16.8. The molecule has 11 N–H and O–H groups in total. The Morgan fingerprint density at radius 3 is 1.92 bits per heavy atom. The number of aliphatic carboxylic acids is 2. The monoisotopic (exact) mass is 536 g/mol. The lowest BCUT2D eigenvalue weighted by Crippen LogP contribution is -2.57. The lowest BCUT2D eigenvalue weighted by Gasteiger charge is -2.25. The maximum atomic E-state index is 13.1. The van der Waals surface area contributed by atoms with Crippen LogP contribution in [0.25, 0.3) is 0 Å². The van der Waals surface area contributed by atoms with Crippen molar-refractivity contribution < 1.29 is 39.0 Å². The number of hydrogen-bond donors (Lipinski definition) is 8. The summed E-state index contributed by atoms with van der Waals surface area (Å²) in [5.74, 6) is -5.93. The predicted molar refractivity (Wildman–Crippen MR) is 135 cm³/mol. The lowest BCUT2D eigenvalue weighted by molar-refractivity contribution is -0.142. The van der Waals surface area contributed by atoms with Crippen molar-refractivity contribution in [2.75, 3.05) is 6.54 Å². The molecule has 1 aromatic carbocycles. The van der Waals surface area contributed by atoms with E-state index in [0.29, 0.717) is 24.9 Å². The van der Waals surface area contributed by atoms with Gasteiger partial charge in [0.15, 0.2) is 0 Å². The molecule has 4 atom stereocenters. The number of nitrogens with two attached hydrogens (primary N) is 3. The summed E-state index contributed by atoms with van der Waals surface area (Å²) in [6, 6.07) is 3.30. The molecule has 0 bridgehead atoms. The second kappa shape index (κ2) is 16.7. The minimum atomic E-state index is -1.47. The number of nitrogens with one attached hydrogen (secondary N) is 3. The first kappa shape index (κ1) is 32.0. The summed E-state index contributed by atoms with van der Waals surface area (Å²) >= 11 is 0. The smallest absolute Gasteiger partial charge is 0.326 e. The molecule has 0 fully saturated rings. The molecule has 14 heteroatoms. The molecule has 1 aromatic rings. The van der Waals surface area contributed by atoms with Crippen molar-refractivity contribution >= 4 is 35.6 Å². The van der Waals surface area contributed by atoms with Crippen molar-refractivity contribution in [1.29, 1.82) is 0 Å². The number of carboxylic acid groups (broad SMARTS) is 2. The van der Waals surface area contributed by atoms with Crippen LogP contribution in [0.15, 0.2) is 30.3 Å². The maximum absolute atomic E-state index is 13.1. The number of primary amides is 1. The van der Waals surface area contributed by atoms with Gasteiger partial charge in [0.2, 0.25) is 23.6 Å². The first-order valence-electron chi connectivity index (χ1n) is 12.1. The van der Waals surface area contributed by atoms with Gasteiger partial charge in [-0.05, 0) is 37.8 Å². The summed E-state index contributed by atoms with van der Waals surface area (Å²) in [4.78, 5) is 72.4. The number of carboxylic acids is 2. The third kappa shape index (κ3) is 12.3. The third-order valence-corrected chi connectivity index (χ3v) is 5.52. The number of benzene rings is 1. The van der Waals surface area contributed by atoms with Gasteiger partial charge in [0.25, 0.3) is 0 Å². The van der Waals surface area contributed by atoms with Gasteiger partial charge < -0.3 is 43.4 Å². The van der Waals surface area contributed by atoms with E-state index in [2.05, 4.69) is 16.0 Å². The van der Waals surface area contributed by atoms with Crippen LogP contribution in [0.3, 0.4) is 0 Å². The Bertz CT molecular complexity index is 974. The number of hydrogen-bond acceptors (Lipinski definition) is 8. The zero-order valence-corrected chi connectivity index (χ0v) is 20.9. The normalized spacial score (nSPS) is 13.8. The fourth-order valence-corrected chi connectivity index (χ4v) is 3.47. The maximum Gasteiger partial charge on any atom is 0.326 e. The van der Waals surface area contributed by atoms with E-state index in [0.717, 1.165) is 0 Å². The lowest BCUT2D eigenvalue weighted by atomic mass is 10.0. The first-order chi connectivity index (χ1) is 17.9. The molecule has 0 aliphatic carbocycles. The van der Waals surface area contributed by atoms with E-state index >= 15 is 0 Å². The second-order valence-corrected chi connectivity index (χ2v) is 8.71. The zero-order valence-electron chi connectivity index (χ0n) is 20.9. The molecule has 210 valence electrons. The molecule has 0 saturated heterocycles. The van der Waals surface area contributed by atoms with Crippen LogP contribution in [0, 0.1) is 0 Å². The van der Waals surface area contributed by atoms with Crippen molar-refractivity contribution in [3.63, 3.8) is 0 Å². The Morgan fingerprint density at radius 2 is 1.37 bits per heavy atom. The highest BCUT2D eigenvalue weighted by Crippen LogP contribution is 2.08. The van der Waals surface area contributed by atoms with Crippen molar-refractivity contribution in [3.05, 3.63) is 35.9 Å². The average molecular weight is 537 g/mol. The Hall–Kier alpha value is -4.04. The van der Waals surface area contributed by atoms with Gasteiger partial charge in [-0.25, -0.2) is 4.79 Å². The summed E-state index contributed by atoms with van der Waals surface area (Å²) < 4.78 is 0. The molecular formula is C24H36N6O8. The molecule has 0 aliphatic rings. The standard InChI is InChI=1S/C24H36N6O8/c25-11-5-4-8-17(24(37)38)29-23(36)18(12-14-6-2-1-3-7-14)30-22(35)16(9-10-19(27)31)28-21(34)15(26)13-20(32)33/h1-3,6-7,15-18H,4-5,8-13,25-26H2,(H2,27,31)(H,28,34)(H,29,36)(H,30,35)(H,32,33)(H,37,38). The summed E-state index contributed by atoms with van der Waals surface area (Å²) in [6.45, 7) is 0.363. The fraction of sp³-hybridized carbons (Fsp3) is 0.500. The minimum absolute atomic E-state index is 0.0113. The molecule has 4 amide bonds. The van der Waals surface area contributed by atoms with Gasteiger partial charge in [0.05, 0.1) is 12.5 Å². The predicted octanol–water partition coefficient (Wildman–Crippen LogP) is -2.04. The first-order valence-corrected chi connectivity index (χ1v) is 12.1. The number of carbonyl (C=O) groups is 6. The number of carbonyl (C=O) groups excluding carboxylic acids is 4. The van der Waals surface area contributed by atoms with E-state index < -0.39 is 66.2 Å². The van der Waals surface area contributed by atoms with Crippen LogP contribution in [0.2, 0.25) is 0 Å². The highest BCUT2D eigenvalue weighted by Gasteiger charge is 2.31. The SMILES string of the molecule is NCCCCC(NC(=O)C(Cc1ccccc1)NC(=O)C(CCC(N)=O)NC(=O)C(N)CC(=O)O)C(=O)O. The van der Waals surface area contributed by atoms with Gasteiger partial charge in [0, 0.05) is 12.8 Å². The fourth-order valence-electron chi connectivity index (χ4n) is 3.47. The Kier molecular flexibility index (Phi) is 14.0. The number of amides is 4. The molecule has 0 spiro atoms. The molecule has 0 saturated carbocycles. The Labute approximate surface area is 219 Å². The molecule has 14 nitrogen and oxygen atoms in total. The largest absolute Gasteiger partial charge is 0.481 e. The van der Waals surface area contributed by atoms with Crippen LogP contribution in [-0.4, -0.2) is 76.5 Å². The van der Waals surface area contributed by atoms with Crippen molar-refractivity contribution in [1.82, 2.24) is 16.0 Å². The zero-order chi connectivity index (χ0) is 28.7. The number of rotatable bonds is 18. The van der Waals surface area contributed by atoms with Crippen LogP contribution < -0.4 is 33.2 Å². The molecule has 0 aliphatic heterocycles. The van der Waals surface area contributed by atoms with Gasteiger partial charge in [-0.2, -0.15) is 0 Å². The van der Waals surface area contributed by atoms with Gasteiger partial charge >= 0.3 is 11.9 Å². The van der Waals surface area contributed by atoms with Gasteiger partial charge in [-0.3, -0.25) is 24.0 Å². The molecule has 0 heterocycles. The van der Waals surface area contributed by atoms with E-state index in [1.54, 1.807) is 30.3 Å². The molecule has 4 unspecified atom stereocenters. The minimum Gasteiger partial charge on any atom is -0.481 e. The highest BCUT2D eigenvalue weighted by molar-refractivity contribution is 5.95. The average Bonchev–Trinajstić information content (AvgIpc) is 2.85.